The van der Waals surface area contributed by atoms with Crippen LogP contribution >= 0.6 is 0 Å². The van der Waals surface area contributed by atoms with Crippen LogP contribution in [0, 0.1) is 0 Å². The van der Waals surface area contributed by atoms with Crippen LogP contribution in [0.4, 0.5) is 0 Å². The van der Waals surface area contributed by atoms with Gasteiger partial charge in [-0.15, -0.1) is 19.7 Å². The maximum absolute atomic E-state index is 3.96. The summed E-state index contributed by atoms with van der Waals surface area (Å²) >= 11 is 0. The summed E-state index contributed by atoms with van der Waals surface area (Å²) in [6.07, 6.45) is 7.95. The van der Waals surface area contributed by atoms with Gasteiger partial charge in [0.2, 0.25) is 0 Å². The second kappa shape index (κ2) is 10.7. The average molecular weight is 292 g/mol. The van der Waals surface area contributed by atoms with Gasteiger partial charge in [-0.2, -0.15) is 0 Å². The van der Waals surface area contributed by atoms with E-state index < -0.39 is 0 Å². The Kier molecular flexibility index (Phi) is 9.26. The second-order valence-corrected chi connectivity index (χ2v) is 5.62. The van der Waals surface area contributed by atoms with Crippen LogP contribution in [0.15, 0.2) is 38.0 Å². The molecule has 1 heterocycles. The minimum absolute atomic E-state index is 0.0402. The largest absolute Gasteiger partial charge is 0.314 e. The third-order valence-electron chi connectivity index (χ3n) is 4.04. The van der Waals surface area contributed by atoms with E-state index in [1.807, 2.05) is 18.2 Å². The molecule has 1 saturated heterocycles. The number of nitrogens with zero attached hydrogens (tertiary/aromatic N) is 1. The molecular formula is C17H32N4. The first kappa shape index (κ1) is 18.1. The van der Waals surface area contributed by atoms with E-state index in [0.29, 0.717) is 0 Å². The summed E-state index contributed by atoms with van der Waals surface area (Å²) in [6.45, 7) is 19.7. The minimum Gasteiger partial charge on any atom is -0.314 e. The Labute approximate surface area is 130 Å². The molecule has 1 fully saturated rings. The van der Waals surface area contributed by atoms with Crippen LogP contribution in [-0.4, -0.2) is 62.8 Å². The van der Waals surface area contributed by atoms with Crippen molar-refractivity contribution in [2.24, 2.45) is 0 Å². The molecule has 120 valence electrons. The van der Waals surface area contributed by atoms with Crippen LogP contribution in [-0.2, 0) is 0 Å². The van der Waals surface area contributed by atoms with E-state index in [4.69, 9.17) is 0 Å². The molecule has 0 aromatic carbocycles. The van der Waals surface area contributed by atoms with Gasteiger partial charge in [0.1, 0.15) is 0 Å². The normalized spacial score (nSPS) is 21.7. The Morgan fingerprint density at radius 2 is 1.38 bits per heavy atom. The lowest BCUT2D eigenvalue weighted by Gasteiger charge is -2.43. The molecule has 0 spiro atoms. The lowest BCUT2D eigenvalue weighted by atomic mass is 9.88. The monoisotopic (exact) mass is 292 g/mol. The van der Waals surface area contributed by atoms with Gasteiger partial charge < -0.3 is 16.0 Å². The molecule has 0 unspecified atom stereocenters. The molecule has 0 radical (unpaired) electrons. The molecule has 4 heteroatoms. The summed E-state index contributed by atoms with van der Waals surface area (Å²) in [5.41, 5.74) is 0.0402. The van der Waals surface area contributed by atoms with Crippen LogP contribution in [0.3, 0.4) is 0 Å². The predicted octanol–water partition coefficient (Wildman–Crippen LogP) is 1.15. The quantitative estimate of drug-likeness (QED) is 0.642. The molecule has 0 aliphatic carbocycles. The van der Waals surface area contributed by atoms with Crippen molar-refractivity contribution in [1.29, 1.82) is 0 Å². The van der Waals surface area contributed by atoms with Crippen LogP contribution in [0.25, 0.3) is 0 Å². The van der Waals surface area contributed by atoms with Gasteiger partial charge in [0.15, 0.2) is 0 Å². The third-order valence-corrected chi connectivity index (χ3v) is 4.04. The van der Waals surface area contributed by atoms with Gasteiger partial charge in [-0.3, -0.25) is 4.90 Å². The fourth-order valence-electron chi connectivity index (χ4n) is 2.95. The van der Waals surface area contributed by atoms with Crippen LogP contribution in [0.1, 0.15) is 12.8 Å². The van der Waals surface area contributed by atoms with E-state index in [1.54, 1.807) is 0 Å². The fraction of sp³-hybridized carbons (Fsp3) is 0.647. The molecule has 3 N–H and O–H groups in total. The van der Waals surface area contributed by atoms with Crippen molar-refractivity contribution in [3.05, 3.63) is 38.0 Å². The molecule has 0 atom stereocenters. The van der Waals surface area contributed by atoms with E-state index in [2.05, 4.69) is 40.6 Å². The van der Waals surface area contributed by atoms with Crippen molar-refractivity contribution in [1.82, 2.24) is 20.9 Å². The van der Waals surface area contributed by atoms with E-state index in [-0.39, 0.29) is 5.54 Å². The van der Waals surface area contributed by atoms with E-state index in [9.17, 15) is 0 Å². The topological polar surface area (TPSA) is 39.3 Å². The van der Waals surface area contributed by atoms with E-state index >= 15 is 0 Å². The highest BCUT2D eigenvalue weighted by Gasteiger charge is 2.33. The van der Waals surface area contributed by atoms with Gasteiger partial charge >= 0.3 is 0 Å². The Balaban J connectivity index is 2.88. The first-order valence-corrected chi connectivity index (χ1v) is 7.99. The third kappa shape index (κ3) is 6.14. The summed E-state index contributed by atoms with van der Waals surface area (Å²) < 4.78 is 0. The maximum Gasteiger partial charge on any atom is 0.0406 e. The standard InChI is InChI=1S/C17H32N4/c1-4-7-17(8-5-2)16-20-12-11-18-9-10-19-13-15-21(17)14-6-3/h4-6,18-20H,1-3,7-16H2. The molecule has 0 amide bonds. The zero-order chi connectivity index (χ0) is 15.4. The highest BCUT2D eigenvalue weighted by molar-refractivity contribution is 5.03. The molecule has 0 bridgehead atoms. The van der Waals surface area contributed by atoms with Crippen molar-refractivity contribution < 1.29 is 0 Å². The fourth-order valence-corrected chi connectivity index (χ4v) is 2.95. The Hall–Kier alpha value is -0.940. The van der Waals surface area contributed by atoms with Gasteiger partial charge in [-0.25, -0.2) is 0 Å². The number of hydrogen-bond donors (Lipinski definition) is 3. The first-order chi connectivity index (χ1) is 10.3. The molecule has 1 rings (SSSR count). The van der Waals surface area contributed by atoms with E-state index in [0.717, 1.165) is 65.2 Å². The minimum atomic E-state index is 0.0402. The lowest BCUT2D eigenvalue weighted by Crippen LogP contribution is -2.57. The zero-order valence-corrected chi connectivity index (χ0v) is 13.4. The molecule has 4 nitrogen and oxygen atoms in total. The van der Waals surface area contributed by atoms with Crippen molar-refractivity contribution >= 4 is 0 Å². The van der Waals surface area contributed by atoms with Crippen molar-refractivity contribution in [2.45, 2.75) is 18.4 Å². The Bertz CT molecular complexity index is 304. The van der Waals surface area contributed by atoms with Crippen LogP contribution in [0.5, 0.6) is 0 Å². The Morgan fingerprint density at radius 3 is 1.95 bits per heavy atom. The molecule has 0 aromatic rings. The van der Waals surface area contributed by atoms with E-state index in [1.165, 1.54) is 0 Å². The summed E-state index contributed by atoms with van der Waals surface area (Å²) in [4.78, 5) is 2.51. The van der Waals surface area contributed by atoms with Gasteiger partial charge in [-0.1, -0.05) is 18.2 Å². The molecule has 1 aliphatic heterocycles. The maximum atomic E-state index is 3.96. The SMILES string of the molecule is C=CCN1CCNCCNCCNCC1(CC=C)CC=C. The molecule has 0 saturated carbocycles. The highest BCUT2D eigenvalue weighted by Crippen LogP contribution is 2.25. The van der Waals surface area contributed by atoms with Gasteiger partial charge in [-0.05, 0) is 12.8 Å². The van der Waals surface area contributed by atoms with Crippen molar-refractivity contribution in [2.75, 3.05) is 52.4 Å². The van der Waals surface area contributed by atoms with Gasteiger partial charge in [0, 0.05) is 57.9 Å². The van der Waals surface area contributed by atoms with Crippen molar-refractivity contribution in [3.63, 3.8) is 0 Å². The van der Waals surface area contributed by atoms with Crippen molar-refractivity contribution in [3.8, 4) is 0 Å². The van der Waals surface area contributed by atoms with Gasteiger partial charge in [0.05, 0.1) is 0 Å². The first-order valence-electron chi connectivity index (χ1n) is 7.99. The lowest BCUT2D eigenvalue weighted by molar-refractivity contribution is 0.103. The zero-order valence-electron chi connectivity index (χ0n) is 13.4. The second-order valence-electron chi connectivity index (χ2n) is 5.62. The number of nitrogens with one attached hydrogen (secondary N) is 3. The average Bonchev–Trinajstić information content (AvgIpc) is 2.47. The number of hydrogen-bond acceptors (Lipinski definition) is 4. The molecule has 0 aromatic heterocycles. The smallest absolute Gasteiger partial charge is 0.0406 e. The molecule has 1 aliphatic rings. The molecular weight excluding hydrogens is 260 g/mol. The molecule has 21 heavy (non-hydrogen) atoms. The number of rotatable bonds is 6. The summed E-state index contributed by atoms with van der Waals surface area (Å²) in [7, 11) is 0. The predicted molar refractivity (Wildman–Crippen MR) is 92.7 cm³/mol. The summed E-state index contributed by atoms with van der Waals surface area (Å²) in [6, 6.07) is 0. The summed E-state index contributed by atoms with van der Waals surface area (Å²) in [5.74, 6) is 0. The summed E-state index contributed by atoms with van der Waals surface area (Å²) in [5, 5.41) is 10.5. The Morgan fingerprint density at radius 1 is 0.810 bits per heavy atom. The van der Waals surface area contributed by atoms with Crippen LogP contribution < -0.4 is 16.0 Å². The highest BCUT2D eigenvalue weighted by atomic mass is 15.2. The van der Waals surface area contributed by atoms with Gasteiger partial charge in [0.25, 0.3) is 0 Å². The van der Waals surface area contributed by atoms with Crippen LogP contribution in [0.2, 0.25) is 0 Å².